The summed E-state index contributed by atoms with van der Waals surface area (Å²) in [5.41, 5.74) is 0. The number of carbonyl (C=O) groups is 3. The van der Waals surface area contributed by atoms with Crippen LogP contribution in [0.5, 0.6) is 0 Å². The summed E-state index contributed by atoms with van der Waals surface area (Å²) < 4.78 is 0. The number of ketones is 1. The van der Waals surface area contributed by atoms with Gasteiger partial charge in [0, 0.05) is 0 Å². The molecule has 0 saturated carbocycles. The summed E-state index contributed by atoms with van der Waals surface area (Å²) in [5.74, 6) is -1.02. The predicted octanol–water partition coefficient (Wildman–Crippen LogP) is -2.09. The van der Waals surface area contributed by atoms with Crippen LogP contribution < -0.4 is 0 Å². The average Bonchev–Trinajstić information content (AvgIpc) is 2.13. The first kappa shape index (κ1) is 24.0. The first-order chi connectivity index (χ1) is 8.00. The third kappa shape index (κ3) is 4570. The second kappa shape index (κ2) is 19.2. The molecule has 0 aliphatic rings. The Balaban J connectivity index is -0.0000000742. The van der Waals surface area contributed by atoms with Crippen molar-refractivity contribution in [1.82, 2.24) is 0 Å². The molecular weight excluding hydrogens is 270 g/mol. The van der Waals surface area contributed by atoms with Gasteiger partial charge in [-0.05, 0) is 0 Å². The molecule has 0 atom stereocenters. The molecule has 0 amide bonds. The lowest BCUT2D eigenvalue weighted by molar-refractivity contribution is -0.742. The summed E-state index contributed by atoms with van der Waals surface area (Å²) in [6, 6.07) is 0. The Morgan fingerprint density at radius 1 is 0.778 bits per heavy atom. The summed E-state index contributed by atoms with van der Waals surface area (Å²) in [4.78, 5) is 52.8. The zero-order valence-corrected chi connectivity index (χ0v) is 8.01. The number of Topliss-reactive ketones (excluding diaryl/α,β-unsaturated/α-hetero) is 1. The number of aldehydes is 2. The van der Waals surface area contributed by atoms with E-state index < -0.39 is 21.0 Å². The minimum Gasteiger partial charge on any atom is -0.328 e. The van der Waals surface area contributed by atoms with Gasteiger partial charge in [-0.15, -0.1) is 30.3 Å². The SMILES string of the molecule is O=CC(=O)C=O.O=[N+]([O-])O.O=[N+]([O-])O.O=[N+]([O-])O. The van der Waals surface area contributed by atoms with Crippen molar-refractivity contribution in [1.29, 1.82) is 0 Å². The first-order valence-electron chi connectivity index (χ1n) is 2.95. The largest absolute Gasteiger partial charge is 0.328 e. The van der Waals surface area contributed by atoms with Crippen molar-refractivity contribution in [3.05, 3.63) is 30.3 Å². The monoisotopic (exact) mass is 275 g/mol. The number of rotatable bonds is 2. The molecule has 0 aliphatic carbocycles. The Labute approximate surface area is 95.2 Å². The van der Waals surface area contributed by atoms with Crippen molar-refractivity contribution in [2.75, 3.05) is 0 Å². The highest BCUT2D eigenvalue weighted by Crippen LogP contribution is 1.45. The maximum atomic E-state index is 9.44. The highest BCUT2D eigenvalue weighted by molar-refractivity contribution is 6.50. The number of carbonyl (C=O) groups excluding carboxylic acids is 3. The van der Waals surface area contributed by atoms with Crippen LogP contribution in [-0.4, -0.2) is 49.2 Å². The highest BCUT2D eigenvalue weighted by atomic mass is 16.9. The quantitative estimate of drug-likeness (QED) is 0.161. The molecule has 18 heavy (non-hydrogen) atoms. The van der Waals surface area contributed by atoms with E-state index in [9.17, 15) is 4.79 Å². The van der Waals surface area contributed by atoms with Crippen molar-refractivity contribution < 1.29 is 45.3 Å². The van der Waals surface area contributed by atoms with Crippen LogP contribution in [0.1, 0.15) is 0 Å². The second-order valence-electron chi connectivity index (χ2n) is 1.35. The number of hydrogen-bond acceptors (Lipinski definition) is 9. The van der Waals surface area contributed by atoms with E-state index in [1.54, 1.807) is 0 Å². The molecule has 0 aliphatic heterocycles. The van der Waals surface area contributed by atoms with Gasteiger partial charge >= 0.3 is 0 Å². The van der Waals surface area contributed by atoms with Crippen molar-refractivity contribution in [3.8, 4) is 0 Å². The van der Waals surface area contributed by atoms with Gasteiger partial charge in [0.15, 0.2) is 12.6 Å². The minimum absolute atomic E-state index is 0.0347. The van der Waals surface area contributed by atoms with Crippen LogP contribution in [0.15, 0.2) is 0 Å². The van der Waals surface area contributed by atoms with Crippen LogP contribution in [0.2, 0.25) is 0 Å². The summed E-state index contributed by atoms with van der Waals surface area (Å²) >= 11 is 0. The van der Waals surface area contributed by atoms with E-state index >= 15 is 0 Å². The number of hydrogen-bond donors (Lipinski definition) is 3. The Kier molecular flexibility index (Phi) is 25.7. The van der Waals surface area contributed by atoms with E-state index in [4.69, 9.17) is 55.6 Å². The third-order valence-corrected chi connectivity index (χ3v) is 0.232. The first-order valence-corrected chi connectivity index (χ1v) is 2.95. The number of nitrogens with zero attached hydrogens (tertiary/aromatic N) is 3. The molecule has 15 nitrogen and oxygen atoms in total. The van der Waals surface area contributed by atoms with Gasteiger partial charge in [0.25, 0.3) is 21.0 Å². The molecule has 15 heteroatoms. The van der Waals surface area contributed by atoms with Crippen LogP contribution in [0.25, 0.3) is 0 Å². The maximum Gasteiger partial charge on any atom is 0.291 e. The zero-order valence-electron chi connectivity index (χ0n) is 8.01. The lowest BCUT2D eigenvalue weighted by atomic mass is 10.5. The average molecular weight is 275 g/mol. The molecule has 0 unspecified atom stereocenters. The molecular formula is C3H5N3O12. The molecule has 104 valence electrons. The van der Waals surface area contributed by atoms with Crippen molar-refractivity contribution in [2.45, 2.75) is 0 Å². The fraction of sp³-hybridized carbons (Fsp3) is 0. The van der Waals surface area contributed by atoms with Crippen LogP contribution in [-0.2, 0) is 14.4 Å². The Hall–Kier alpha value is -3.39. The third-order valence-electron chi connectivity index (χ3n) is 0.232. The summed E-state index contributed by atoms with van der Waals surface area (Å²) in [6.07, 6.45) is -0.0694. The molecule has 3 N–H and O–H groups in total. The van der Waals surface area contributed by atoms with Crippen LogP contribution >= 0.6 is 0 Å². The molecule has 0 aromatic heterocycles. The molecule has 0 heterocycles. The zero-order chi connectivity index (χ0) is 15.7. The molecule has 0 saturated heterocycles. The molecule has 0 spiro atoms. The molecule has 0 aromatic rings. The van der Waals surface area contributed by atoms with Crippen molar-refractivity contribution >= 4 is 18.4 Å². The van der Waals surface area contributed by atoms with Gasteiger partial charge in [-0.1, -0.05) is 0 Å². The van der Waals surface area contributed by atoms with Gasteiger partial charge in [-0.3, -0.25) is 14.4 Å². The van der Waals surface area contributed by atoms with Crippen molar-refractivity contribution in [2.24, 2.45) is 0 Å². The van der Waals surface area contributed by atoms with Gasteiger partial charge in [-0.25, -0.2) is 0 Å². The fourth-order valence-corrected chi connectivity index (χ4v) is 0.0278. The van der Waals surface area contributed by atoms with Crippen LogP contribution in [0.4, 0.5) is 0 Å². The minimum atomic E-state index is -1.50. The van der Waals surface area contributed by atoms with Crippen LogP contribution in [0.3, 0.4) is 0 Å². The van der Waals surface area contributed by atoms with E-state index in [-0.39, 0.29) is 12.6 Å². The van der Waals surface area contributed by atoms with E-state index in [2.05, 4.69) is 0 Å². The predicted molar refractivity (Wildman–Crippen MR) is 43.5 cm³/mol. The smallest absolute Gasteiger partial charge is 0.291 e. The van der Waals surface area contributed by atoms with Crippen molar-refractivity contribution in [3.63, 3.8) is 0 Å². The molecule has 0 aromatic carbocycles. The van der Waals surface area contributed by atoms with Gasteiger partial charge in [-0.2, -0.15) is 0 Å². The molecule has 0 bridgehead atoms. The van der Waals surface area contributed by atoms with E-state index in [0.717, 1.165) is 0 Å². The summed E-state index contributed by atoms with van der Waals surface area (Å²) in [5, 5.41) is 40.9. The highest BCUT2D eigenvalue weighted by Gasteiger charge is 1.87. The van der Waals surface area contributed by atoms with E-state index in [1.807, 2.05) is 0 Å². The Morgan fingerprint density at radius 2 is 0.889 bits per heavy atom. The fourth-order valence-electron chi connectivity index (χ4n) is 0.0278. The lowest BCUT2D eigenvalue weighted by Crippen LogP contribution is -1.97. The summed E-state index contributed by atoms with van der Waals surface area (Å²) in [6.45, 7) is 0. The second-order valence-corrected chi connectivity index (χ2v) is 1.35. The topological polar surface area (TPSA) is 241 Å². The van der Waals surface area contributed by atoms with Gasteiger partial charge in [0.2, 0.25) is 0 Å². The van der Waals surface area contributed by atoms with Gasteiger partial charge in [0.1, 0.15) is 0 Å². The molecule has 0 rings (SSSR count). The summed E-state index contributed by atoms with van der Waals surface area (Å²) in [7, 11) is 0. The standard InChI is InChI=1S/C3H2O3.3HNO3/c4-1-3(6)2-5;3*2-1(3)4/h1-2H;3*(H,2,3,4). The van der Waals surface area contributed by atoms with Gasteiger partial charge < -0.3 is 15.6 Å². The normalized spacial score (nSPS) is 6.22. The Bertz CT molecular complexity index is 246. The molecule has 0 fully saturated rings. The molecule has 0 radical (unpaired) electrons. The van der Waals surface area contributed by atoms with Crippen LogP contribution in [0, 0.1) is 30.3 Å². The lowest BCUT2D eigenvalue weighted by Gasteiger charge is -1.58. The van der Waals surface area contributed by atoms with Gasteiger partial charge in [0.05, 0.1) is 0 Å². The van der Waals surface area contributed by atoms with E-state index in [1.165, 1.54) is 0 Å². The Morgan fingerprint density at radius 3 is 0.889 bits per heavy atom. The van der Waals surface area contributed by atoms with E-state index in [0.29, 0.717) is 0 Å². The maximum absolute atomic E-state index is 9.44.